The predicted molar refractivity (Wildman–Crippen MR) is 110 cm³/mol. The molecule has 1 fully saturated rings. The molecule has 4 rings (SSSR count). The van der Waals surface area contributed by atoms with Gasteiger partial charge in [0.15, 0.2) is 11.5 Å². The number of fused-ring (bicyclic) bond motifs is 1. The number of imide groups is 1. The number of ether oxygens (including phenoxy) is 2. The van der Waals surface area contributed by atoms with Gasteiger partial charge in [-0.3, -0.25) is 14.9 Å². The van der Waals surface area contributed by atoms with E-state index in [0.29, 0.717) is 53.2 Å². The molecule has 2 amide bonds. The van der Waals surface area contributed by atoms with Gasteiger partial charge in [0.2, 0.25) is 11.8 Å². The molecule has 3 N–H and O–H groups in total. The van der Waals surface area contributed by atoms with Gasteiger partial charge in [0, 0.05) is 10.0 Å². The lowest BCUT2D eigenvalue weighted by molar-refractivity contribution is -0.132. The van der Waals surface area contributed by atoms with Crippen LogP contribution in [0.2, 0.25) is 10.0 Å². The van der Waals surface area contributed by atoms with Gasteiger partial charge in [-0.2, -0.15) is 0 Å². The number of carbonyl (C=O) groups excluding carboxylic acids is 2. The van der Waals surface area contributed by atoms with Crippen molar-refractivity contribution in [3.8, 4) is 11.5 Å². The first-order valence-electron chi connectivity index (χ1n) is 9.34. The SMILES string of the molecule is N[C@@H](Cc1ccc2c(c1)OCCO2)C(=O)NC(=O)C1(c2ccc(Cl)cc2Cl)CC1. The third-order valence-corrected chi connectivity index (χ3v) is 5.81. The number of rotatable bonds is 5. The molecule has 2 aromatic carbocycles. The molecule has 0 radical (unpaired) electrons. The second-order valence-electron chi connectivity index (χ2n) is 7.31. The van der Waals surface area contributed by atoms with Crippen LogP contribution < -0.4 is 20.5 Å². The summed E-state index contributed by atoms with van der Waals surface area (Å²) >= 11 is 12.2. The van der Waals surface area contributed by atoms with E-state index in [0.717, 1.165) is 5.56 Å². The summed E-state index contributed by atoms with van der Waals surface area (Å²) in [6, 6.07) is 9.57. The van der Waals surface area contributed by atoms with E-state index in [9.17, 15) is 9.59 Å². The number of nitrogens with two attached hydrogens (primary N) is 1. The van der Waals surface area contributed by atoms with Gasteiger partial charge in [0.25, 0.3) is 0 Å². The summed E-state index contributed by atoms with van der Waals surface area (Å²) < 4.78 is 11.0. The molecule has 1 saturated carbocycles. The minimum absolute atomic E-state index is 0.268. The van der Waals surface area contributed by atoms with E-state index in [1.54, 1.807) is 30.3 Å². The van der Waals surface area contributed by atoms with E-state index in [2.05, 4.69) is 5.32 Å². The van der Waals surface area contributed by atoms with Crippen molar-refractivity contribution in [1.82, 2.24) is 5.32 Å². The summed E-state index contributed by atoms with van der Waals surface area (Å²) in [5.74, 6) is 0.390. The van der Waals surface area contributed by atoms with E-state index >= 15 is 0 Å². The normalized spacial score (nSPS) is 17.3. The lowest BCUT2D eigenvalue weighted by Gasteiger charge is -2.20. The molecule has 0 spiro atoms. The lowest BCUT2D eigenvalue weighted by atomic mass is 9.94. The van der Waals surface area contributed by atoms with Crippen LogP contribution in [0.4, 0.5) is 0 Å². The summed E-state index contributed by atoms with van der Waals surface area (Å²) in [7, 11) is 0. The predicted octanol–water partition coefficient (Wildman–Crippen LogP) is 3.01. The Hall–Kier alpha value is -2.28. The lowest BCUT2D eigenvalue weighted by Crippen LogP contribution is -2.48. The minimum atomic E-state index is -0.877. The van der Waals surface area contributed by atoms with E-state index in [4.69, 9.17) is 38.4 Å². The van der Waals surface area contributed by atoms with Crippen molar-refractivity contribution in [2.45, 2.75) is 30.7 Å². The zero-order valence-corrected chi connectivity index (χ0v) is 17.1. The zero-order chi connectivity index (χ0) is 20.6. The molecule has 1 aliphatic heterocycles. The van der Waals surface area contributed by atoms with Gasteiger partial charge in [0.05, 0.1) is 11.5 Å². The largest absolute Gasteiger partial charge is 0.486 e. The standard InChI is InChI=1S/C21H20Cl2N2O4/c22-13-2-3-14(15(23)11-13)21(5-6-21)20(27)25-19(26)16(24)9-12-1-4-17-18(10-12)29-8-7-28-17/h1-4,10-11,16H,5-9,24H2,(H,25,26,27)/t16-/m0/s1. The Bertz CT molecular complexity index is 975. The van der Waals surface area contributed by atoms with Gasteiger partial charge >= 0.3 is 0 Å². The van der Waals surface area contributed by atoms with Gasteiger partial charge in [-0.25, -0.2) is 0 Å². The molecule has 8 heteroatoms. The first-order valence-corrected chi connectivity index (χ1v) is 10.1. The van der Waals surface area contributed by atoms with Crippen LogP contribution in [0, 0.1) is 0 Å². The Morgan fingerprint density at radius 2 is 1.79 bits per heavy atom. The summed E-state index contributed by atoms with van der Waals surface area (Å²) in [4.78, 5) is 25.3. The molecule has 1 atom stereocenters. The van der Waals surface area contributed by atoms with Crippen LogP contribution in [0.3, 0.4) is 0 Å². The maximum atomic E-state index is 12.8. The van der Waals surface area contributed by atoms with Gasteiger partial charge in [-0.05, 0) is 54.7 Å². The van der Waals surface area contributed by atoms with Crippen LogP contribution in [-0.2, 0) is 21.4 Å². The van der Waals surface area contributed by atoms with Crippen molar-refractivity contribution in [2.24, 2.45) is 5.73 Å². The van der Waals surface area contributed by atoms with Crippen molar-refractivity contribution in [3.63, 3.8) is 0 Å². The Morgan fingerprint density at radius 1 is 1.07 bits per heavy atom. The first-order chi connectivity index (χ1) is 13.9. The van der Waals surface area contributed by atoms with Crippen molar-refractivity contribution >= 4 is 35.0 Å². The smallest absolute Gasteiger partial charge is 0.243 e. The van der Waals surface area contributed by atoms with E-state index in [1.807, 2.05) is 6.07 Å². The molecule has 0 unspecified atom stereocenters. The number of carbonyl (C=O) groups is 2. The quantitative estimate of drug-likeness (QED) is 0.754. The van der Waals surface area contributed by atoms with Crippen LogP contribution in [-0.4, -0.2) is 31.1 Å². The van der Waals surface area contributed by atoms with Crippen molar-refractivity contribution in [3.05, 3.63) is 57.6 Å². The molecule has 152 valence electrons. The molecule has 29 heavy (non-hydrogen) atoms. The Morgan fingerprint density at radius 3 is 2.48 bits per heavy atom. The number of hydrogen-bond donors (Lipinski definition) is 2. The molecule has 1 heterocycles. The van der Waals surface area contributed by atoms with Crippen LogP contribution in [0.25, 0.3) is 0 Å². The van der Waals surface area contributed by atoms with E-state index in [-0.39, 0.29) is 12.3 Å². The summed E-state index contributed by atoms with van der Waals surface area (Å²) in [6.07, 6.45) is 1.50. The highest BCUT2D eigenvalue weighted by Gasteiger charge is 2.53. The number of nitrogens with one attached hydrogen (secondary N) is 1. The molecule has 2 aliphatic rings. The highest BCUT2D eigenvalue weighted by molar-refractivity contribution is 6.35. The molecule has 6 nitrogen and oxygen atoms in total. The number of benzene rings is 2. The third kappa shape index (κ3) is 4.06. The number of halogens is 2. The second kappa shape index (κ2) is 7.86. The molecule has 1 aliphatic carbocycles. The van der Waals surface area contributed by atoms with Crippen LogP contribution in [0.1, 0.15) is 24.0 Å². The molecule has 2 aromatic rings. The molecule has 0 aromatic heterocycles. The molecular formula is C21H20Cl2N2O4. The van der Waals surface area contributed by atoms with Crippen molar-refractivity contribution < 1.29 is 19.1 Å². The fourth-order valence-electron chi connectivity index (χ4n) is 3.51. The average molecular weight is 435 g/mol. The molecule has 0 bridgehead atoms. The fourth-order valence-corrected chi connectivity index (χ4v) is 4.10. The maximum Gasteiger partial charge on any atom is 0.243 e. The highest BCUT2D eigenvalue weighted by Crippen LogP contribution is 2.51. The second-order valence-corrected chi connectivity index (χ2v) is 8.16. The number of hydrogen-bond acceptors (Lipinski definition) is 5. The third-order valence-electron chi connectivity index (χ3n) is 5.27. The Kier molecular flexibility index (Phi) is 5.42. The summed E-state index contributed by atoms with van der Waals surface area (Å²) in [5.41, 5.74) is 6.75. The topological polar surface area (TPSA) is 90.7 Å². The first kappa shape index (κ1) is 20.0. The number of amides is 2. The summed E-state index contributed by atoms with van der Waals surface area (Å²) in [5, 5.41) is 3.36. The zero-order valence-electron chi connectivity index (χ0n) is 15.5. The fraction of sp³-hybridized carbons (Fsp3) is 0.333. The van der Waals surface area contributed by atoms with Gasteiger partial charge < -0.3 is 15.2 Å². The monoisotopic (exact) mass is 434 g/mol. The van der Waals surface area contributed by atoms with Crippen LogP contribution in [0.15, 0.2) is 36.4 Å². The molecular weight excluding hydrogens is 415 g/mol. The maximum absolute atomic E-state index is 12.8. The van der Waals surface area contributed by atoms with Crippen molar-refractivity contribution in [1.29, 1.82) is 0 Å². The summed E-state index contributed by atoms with van der Waals surface area (Å²) in [6.45, 7) is 0.989. The van der Waals surface area contributed by atoms with Gasteiger partial charge in [-0.1, -0.05) is 35.3 Å². The van der Waals surface area contributed by atoms with Crippen LogP contribution in [0.5, 0.6) is 11.5 Å². The Balaban J connectivity index is 1.41. The minimum Gasteiger partial charge on any atom is -0.486 e. The van der Waals surface area contributed by atoms with E-state index < -0.39 is 17.4 Å². The highest BCUT2D eigenvalue weighted by atomic mass is 35.5. The van der Waals surface area contributed by atoms with Crippen LogP contribution >= 0.6 is 23.2 Å². The van der Waals surface area contributed by atoms with Gasteiger partial charge in [-0.15, -0.1) is 0 Å². The van der Waals surface area contributed by atoms with E-state index in [1.165, 1.54) is 0 Å². The Labute approximate surface area is 178 Å². The van der Waals surface area contributed by atoms with Gasteiger partial charge in [0.1, 0.15) is 13.2 Å². The molecule has 0 saturated heterocycles. The van der Waals surface area contributed by atoms with Crippen molar-refractivity contribution in [2.75, 3.05) is 13.2 Å². The average Bonchev–Trinajstić information content (AvgIpc) is 3.49.